The highest BCUT2D eigenvalue weighted by Gasteiger charge is 2.17. The zero-order valence-electron chi connectivity index (χ0n) is 11.3. The lowest BCUT2D eigenvalue weighted by molar-refractivity contribution is 0.616. The quantitative estimate of drug-likeness (QED) is 0.911. The van der Waals surface area contributed by atoms with Gasteiger partial charge in [-0.25, -0.2) is 9.37 Å². The summed E-state index contributed by atoms with van der Waals surface area (Å²) < 4.78 is 13.3. The molecule has 2 heterocycles. The van der Waals surface area contributed by atoms with Gasteiger partial charge in [-0.05, 0) is 30.0 Å². The highest BCUT2D eigenvalue weighted by atomic mass is 19.1. The summed E-state index contributed by atoms with van der Waals surface area (Å²) in [5.41, 5.74) is 9.28. The lowest BCUT2D eigenvalue weighted by Gasteiger charge is -2.23. The van der Waals surface area contributed by atoms with Gasteiger partial charge in [0.2, 0.25) is 0 Å². The second-order valence-electron chi connectivity index (χ2n) is 5.10. The molecular formula is C16H18FN3. The topological polar surface area (TPSA) is 42.1 Å². The average Bonchev–Trinajstić information content (AvgIpc) is 2.70. The number of fused-ring (bicyclic) bond motifs is 1. The summed E-state index contributed by atoms with van der Waals surface area (Å²) in [5.74, 6) is 0.494. The van der Waals surface area contributed by atoms with Crippen LogP contribution < -0.4 is 10.6 Å². The van der Waals surface area contributed by atoms with Gasteiger partial charge in [-0.15, -0.1) is 0 Å². The van der Waals surface area contributed by atoms with Crippen molar-refractivity contribution in [3.63, 3.8) is 0 Å². The van der Waals surface area contributed by atoms with Crippen molar-refractivity contribution in [2.24, 2.45) is 5.73 Å². The van der Waals surface area contributed by atoms with Crippen molar-refractivity contribution in [3.05, 3.63) is 59.0 Å². The monoisotopic (exact) mass is 271 g/mol. The lowest BCUT2D eigenvalue weighted by atomic mass is 10.0. The van der Waals surface area contributed by atoms with E-state index in [0.29, 0.717) is 6.54 Å². The first-order chi connectivity index (χ1) is 9.78. The van der Waals surface area contributed by atoms with Crippen LogP contribution in [0.5, 0.6) is 0 Å². The maximum absolute atomic E-state index is 13.3. The summed E-state index contributed by atoms with van der Waals surface area (Å²) in [7, 11) is 0. The Balaban J connectivity index is 1.87. The fraction of sp³-hybridized carbons (Fsp3) is 0.312. The molecule has 0 spiro atoms. The minimum atomic E-state index is -0.327. The molecule has 4 heteroatoms. The zero-order valence-corrected chi connectivity index (χ0v) is 11.3. The van der Waals surface area contributed by atoms with Gasteiger partial charge >= 0.3 is 0 Å². The Hall–Kier alpha value is -1.94. The Morgan fingerprint density at radius 1 is 1.15 bits per heavy atom. The zero-order chi connectivity index (χ0) is 13.9. The fourth-order valence-corrected chi connectivity index (χ4v) is 2.79. The SMILES string of the molecule is NCc1cc(F)cnc1N1CCc2ccccc2CC1. The number of rotatable bonds is 2. The maximum atomic E-state index is 13.3. The van der Waals surface area contributed by atoms with Gasteiger partial charge < -0.3 is 10.6 Å². The van der Waals surface area contributed by atoms with E-state index in [2.05, 4.69) is 34.1 Å². The fourth-order valence-electron chi connectivity index (χ4n) is 2.79. The highest BCUT2D eigenvalue weighted by Crippen LogP contribution is 2.22. The van der Waals surface area contributed by atoms with Crippen molar-refractivity contribution >= 4 is 5.82 Å². The molecule has 1 aliphatic heterocycles. The summed E-state index contributed by atoms with van der Waals surface area (Å²) in [6.45, 7) is 2.09. The summed E-state index contributed by atoms with van der Waals surface area (Å²) in [6, 6.07) is 10.0. The third-order valence-electron chi connectivity index (χ3n) is 3.85. The molecule has 0 amide bonds. The molecule has 0 saturated heterocycles. The van der Waals surface area contributed by atoms with Gasteiger partial charge in [0.15, 0.2) is 0 Å². The van der Waals surface area contributed by atoms with Gasteiger partial charge in [0, 0.05) is 25.2 Å². The second kappa shape index (κ2) is 5.59. The van der Waals surface area contributed by atoms with Crippen LogP contribution in [0.15, 0.2) is 36.5 Å². The molecule has 0 atom stereocenters. The highest BCUT2D eigenvalue weighted by molar-refractivity contribution is 5.48. The first-order valence-electron chi connectivity index (χ1n) is 6.94. The molecule has 0 saturated carbocycles. The lowest BCUT2D eigenvalue weighted by Crippen LogP contribution is -2.28. The summed E-state index contributed by atoms with van der Waals surface area (Å²) in [4.78, 5) is 6.46. The van der Waals surface area contributed by atoms with E-state index in [1.54, 1.807) is 0 Å². The molecule has 20 heavy (non-hydrogen) atoms. The minimum Gasteiger partial charge on any atom is -0.356 e. The van der Waals surface area contributed by atoms with Gasteiger partial charge in [-0.2, -0.15) is 0 Å². The number of nitrogens with zero attached hydrogens (tertiary/aromatic N) is 2. The largest absolute Gasteiger partial charge is 0.356 e. The predicted octanol–water partition coefficient (Wildman–Crippen LogP) is 2.28. The van der Waals surface area contributed by atoms with Crippen LogP contribution in [0.1, 0.15) is 16.7 Å². The van der Waals surface area contributed by atoms with E-state index in [9.17, 15) is 4.39 Å². The number of hydrogen-bond donors (Lipinski definition) is 1. The van der Waals surface area contributed by atoms with Crippen molar-refractivity contribution in [3.8, 4) is 0 Å². The molecule has 3 nitrogen and oxygen atoms in total. The van der Waals surface area contributed by atoms with Crippen molar-refractivity contribution in [2.75, 3.05) is 18.0 Å². The first-order valence-corrected chi connectivity index (χ1v) is 6.94. The summed E-state index contributed by atoms with van der Waals surface area (Å²) >= 11 is 0. The van der Waals surface area contributed by atoms with Crippen LogP contribution in [0.4, 0.5) is 10.2 Å². The van der Waals surface area contributed by atoms with Crippen LogP contribution in [-0.2, 0) is 19.4 Å². The number of anilines is 1. The van der Waals surface area contributed by atoms with E-state index >= 15 is 0 Å². The molecule has 3 rings (SSSR count). The molecule has 0 radical (unpaired) electrons. The third-order valence-corrected chi connectivity index (χ3v) is 3.85. The number of pyridine rings is 1. The van der Waals surface area contributed by atoms with Gasteiger partial charge in [-0.1, -0.05) is 24.3 Å². The Labute approximate surface area is 118 Å². The molecule has 1 aromatic carbocycles. The van der Waals surface area contributed by atoms with E-state index < -0.39 is 0 Å². The Morgan fingerprint density at radius 3 is 2.40 bits per heavy atom. The number of nitrogens with two attached hydrogens (primary N) is 1. The van der Waals surface area contributed by atoms with Crippen LogP contribution in [0, 0.1) is 5.82 Å². The standard InChI is InChI=1S/C16H18FN3/c17-15-9-14(10-18)16(19-11-15)20-7-5-12-3-1-2-4-13(12)6-8-20/h1-4,9,11H,5-8,10,18H2. The van der Waals surface area contributed by atoms with Crippen molar-refractivity contribution in [1.82, 2.24) is 4.98 Å². The van der Waals surface area contributed by atoms with Gasteiger partial charge in [0.1, 0.15) is 11.6 Å². The minimum absolute atomic E-state index is 0.309. The Bertz CT molecular complexity index is 585. The second-order valence-corrected chi connectivity index (χ2v) is 5.10. The molecule has 104 valence electrons. The van der Waals surface area contributed by atoms with Crippen LogP contribution >= 0.6 is 0 Å². The van der Waals surface area contributed by atoms with E-state index in [-0.39, 0.29) is 5.82 Å². The van der Waals surface area contributed by atoms with Crippen LogP contribution in [-0.4, -0.2) is 18.1 Å². The van der Waals surface area contributed by atoms with E-state index in [1.807, 2.05) is 0 Å². The molecule has 0 unspecified atom stereocenters. The van der Waals surface area contributed by atoms with Crippen molar-refractivity contribution in [2.45, 2.75) is 19.4 Å². The molecular weight excluding hydrogens is 253 g/mol. The number of hydrogen-bond acceptors (Lipinski definition) is 3. The molecule has 0 bridgehead atoms. The number of benzene rings is 1. The third kappa shape index (κ3) is 2.51. The van der Waals surface area contributed by atoms with Crippen LogP contribution in [0.25, 0.3) is 0 Å². The number of halogens is 1. The summed E-state index contributed by atoms with van der Waals surface area (Å²) in [5, 5.41) is 0. The van der Waals surface area contributed by atoms with Gasteiger partial charge in [-0.3, -0.25) is 0 Å². The van der Waals surface area contributed by atoms with Crippen LogP contribution in [0.3, 0.4) is 0 Å². The molecule has 2 aromatic rings. The molecule has 2 N–H and O–H groups in total. The van der Waals surface area contributed by atoms with Crippen molar-refractivity contribution < 1.29 is 4.39 Å². The van der Waals surface area contributed by atoms with E-state index in [0.717, 1.165) is 37.3 Å². The normalized spacial score (nSPS) is 14.8. The molecule has 0 aliphatic carbocycles. The molecule has 0 fully saturated rings. The predicted molar refractivity (Wildman–Crippen MR) is 78.1 cm³/mol. The van der Waals surface area contributed by atoms with Crippen LogP contribution in [0.2, 0.25) is 0 Å². The molecule has 1 aromatic heterocycles. The first kappa shape index (κ1) is 13.1. The van der Waals surface area contributed by atoms with E-state index in [1.165, 1.54) is 23.4 Å². The Kier molecular flexibility index (Phi) is 3.65. The van der Waals surface area contributed by atoms with Gasteiger partial charge in [0.05, 0.1) is 6.20 Å². The Morgan fingerprint density at radius 2 is 1.80 bits per heavy atom. The maximum Gasteiger partial charge on any atom is 0.141 e. The summed E-state index contributed by atoms with van der Waals surface area (Å²) in [6.07, 6.45) is 3.24. The average molecular weight is 271 g/mol. The van der Waals surface area contributed by atoms with E-state index in [4.69, 9.17) is 5.73 Å². The van der Waals surface area contributed by atoms with Gasteiger partial charge in [0.25, 0.3) is 0 Å². The molecule has 1 aliphatic rings. The number of aromatic nitrogens is 1. The smallest absolute Gasteiger partial charge is 0.141 e. The van der Waals surface area contributed by atoms with Crippen molar-refractivity contribution in [1.29, 1.82) is 0 Å².